The molecule has 35 heavy (non-hydrogen) atoms. The summed E-state index contributed by atoms with van der Waals surface area (Å²) in [5.41, 5.74) is 3.58. The Bertz CT molecular complexity index is 1160. The van der Waals surface area contributed by atoms with Crippen LogP contribution in [0.4, 0.5) is 0 Å². The van der Waals surface area contributed by atoms with E-state index in [1.807, 2.05) is 48.6 Å². The van der Waals surface area contributed by atoms with Gasteiger partial charge in [0.15, 0.2) is 0 Å². The van der Waals surface area contributed by atoms with Crippen molar-refractivity contribution in [3.63, 3.8) is 0 Å². The number of amides is 2. The van der Waals surface area contributed by atoms with Gasteiger partial charge in [0.2, 0.25) is 0 Å². The predicted octanol–water partition coefficient (Wildman–Crippen LogP) is 5.27. The second-order valence-corrected chi connectivity index (χ2v) is 10.1. The maximum atomic E-state index is 12.6. The van der Waals surface area contributed by atoms with Crippen molar-refractivity contribution in [3.05, 3.63) is 100 Å². The first-order valence-electron chi connectivity index (χ1n) is 12.0. The summed E-state index contributed by atoms with van der Waals surface area (Å²) < 4.78 is 0. The smallest absolute Gasteiger partial charge is 0.283 e. The maximum absolute atomic E-state index is 12.6. The summed E-state index contributed by atoms with van der Waals surface area (Å²) in [5, 5.41) is 3.10. The molecule has 2 aromatic rings. The summed E-state index contributed by atoms with van der Waals surface area (Å²) in [6.07, 6.45) is 10.5. The molecule has 0 saturated carbocycles. The topological polar surface area (TPSA) is 61.8 Å². The molecular formula is C29H31N3O2S. The number of allylic oxidation sites excluding steroid dienone is 3. The zero-order valence-corrected chi connectivity index (χ0v) is 21.0. The summed E-state index contributed by atoms with van der Waals surface area (Å²) in [6.45, 7) is 6.85. The molecule has 0 fully saturated rings. The Morgan fingerprint density at radius 2 is 1.89 bits per heavy atom. The third-order valence-corrected chi connectivity index (χ3v) is 7.19. The highest BCUT2D eigenvalue weighted by atomic mass is 32.2. The molecule has 1 aliphatic carbocycles. The number of thioether (sulfide) groups is 1. The van der Waals surface area contributed by atoms with Gasteiger partial charge in [-0.05, 0) is 55.7 Å². The molecule has 5 nitrogen and oxygen atoms in total. The SMILES string of the molecule is CC(C)N(CCCNC(=O)c1ccc(/C=C2/SC3C=CC=CC3=NC2=O)cc1)Cc1ccccc1. The van der Waals surface area contributed by atoms with Crippen LogP contribution in [0.15, 0.2) is 88.8 Å². The molecule has 0 aromatic heterocycles. The molecule has 4 rings (SSSR count). The summed E-state index contributed by atoms with van der Waals surface area (Å²) in [5.74, 6) is -0.300. The highest BCUT2D eigenvalue weighted by molar-refractivity contribution is 8.05. The largest absolute Gasteiger partial charge is 0.352 e. The van der Waals surface area contributed by atoms with Crippen molar-refractivity contribution >= 4 is 35.4 Å². The van der Waals surface area contributed by atoms with Crippen molar-refractivity contribution in [1.29, 1.82) is 0 Å². The molecule has 2 amide bonds. The lowest BCUT2D eigenvalue weighted by Gasteiger charge is -2.26. The van der Waals surface area contributed by atoms with Crippen LogP contribution in [0, 0.1) is 0 Å². The van der Waals surface area contributed by atoms with Gasteiger partial charge in [-0.3, -0.25) is 14.5 Å². The highest BCUT2D eigenvalue weighted by Gasteiger charge is 2.25. The van der Waals surface area contributed by atoms with E-state index in [-0.39, 0.29) is 17.1 Å². The van der Waals surface area contributed by atoms with Crippen LogP contribution in [0.2, 0.25) is 0 Å². The van der Waals surface area contributed by atoms with Gasteiger partial charge in [0.1, 0.15) is 0 Å². The van der Waals surface area contributed by atoms with Gasteiger partial charge in [0.05, 0.1) is 15.9 Å². The number of rotatable bonds is 9. The Labute approximate surface area is 211 Å². The van der Waals surface area contributed by atoms with Gasteiger partial charge >= 0.3 is 0 Å². The summed E-state index contributed by atoms with van der Waals surface area (Å²) >= 11 is 1.51. The van der Waals surface area contributed by atoms with E-state index in [0.29, 0.717) is 23.1 Å². The summed E-state index contributed by atoms with van der Waals surface area (Å²) in [7, 11) is 0. The Kier molecular flexibility index (Phi) is 8.50. The molecule has 2 aliphatic rings. The zero-order valence-electron chi connectivity index (χ0n) is 20.2. The minimum atomic E-state index is -0.217. The van der Waals surface area contributed by atoms with Crippen LogP contribution in [-0.2, 0) is 11.3 Å². The Balaban J connectivity index is 1.27. The van der Waals surface area contributed by atoms with E-state index in [1.165, 1.54) is 17.3 Å². The summed E-state index contributed by atoms with van der Waals surface area (Å²) in [4.78, 5) is 32.2. The quantitative estimate of drug-likeness (QED) is 0.388. The van der Waals surface area contributed by atoms with Crippen molar-refractivity contribution in [1.82, 2.24) is 10.2 Å². The normalized spacial score (nSPS) is 18.2. The van der Waals surface area contributed by atoms with Gasteiger partial charge < -0.3 is 5.32 Å². The molecule has 1 atom stereocenters. The number of fused-ring (bicyclic) bond motifs is 1. The number of hydrogen-bond acceptors (Lipinski definition) is 4. The summed E-state index contributed by atoms with van der Waals surface area (Å²) in [6, 6.07) is 18.2. The first-order valence-corrected chi connectivity index (χ1v) is 12.9. The number of aliphatic imine (C=N–C) groups is 1. The first kappa shape index (κ1) is 24.9. The first-order chi connectivity index (χ1) is 17.0. The van der Waals surface area contributed by atoms with E-state index in [4.69, 9.17) is 0 Å². The zero-order chi connectivity index (χ0) is 24.6. The monoisotopic (exact) mass is 485 g/mol. The number of carbonyl (C=O) groups excluding carboxylic acids is 2. The van der Waals surface area contributed by atoms with Gasteiger partial charge in [0.25, 0.3) is 11.8 Å². The Hall–Kier alpha value is -3.22. The molecular weight excluding hydrogens is 454 g/mol. The van der Waals surface area contributed by atoms with E-state index in [9.17, 15) is 9.59 Å². The van der Waals surface area contributed by atoms with Gasteiger partial charge in [-0.25, -0.2) is 4.99 Å². The molecule has 180 valence electrons. The fraction of sp³-hybridized carbons (Fsp3) is 0.276. The predicted molar refractivity (Wildman–Crippen MR) is 145 cm³/mol. The molecule has 6 heteroatoms. The average molecular weight is 486 g/mol. The minimum Gasteiger partial charge on any atom is -0.352 e. The average Bonchev–Trinajstić information content (AvgIpc) is 2.87. The third-order valence-electron chi connectivity index (χ3n) is 5.99. The van der Waals surface area contributed by atoms with Crippen LogP contribution in [0.25, 0.3) is 6.08 Å². The molecule has 1 N–H and O–H groups in total. The second-order valence-electron chi connectivity index (χ2n) is 8.91. The van der Waals surface area contributed by atoms with Crippen molar-refractivity contribution in [2.24, 2.45) is 4.99 Å². The van der Waals surface area contributed by atoms with Gasteiger partial charge in [-0.2, -0.15) is 0 Å². The number of hydrogen-bond donors (Lipinski definition) is 1. The van der Waals surface area contributed by atoms with Crippen LogP contribution in [0.5, 0.6) is 0 Å². The second kappa shape index (κ2) is 12.0. The van der Waals surface area contributed by atoms with E-state index in [0.717, 1.165) is 30.8 Å². The molecule has 1 unspecified atom stereocenters. The number of benzene rings is 2. The van der Waals surface area contributed by atoms with Crippen LogP contribution >= 0.6 is 11.8 Å². The van der Waals surface area contributed by atoms with Gasteiger partial charge in [0, 0.05) is 31.2 Å². The molecule has 0 bridgehead atoms. The lowest BCUT2D eigenvalue weighted by molar-refractivity contribution is -0.113. The van der Waals surface area contributed by atoms with Crippen molar-refractivity contribution < 1.29 is 9.59 Å². The molecule has 0 radical (unpaired) electrons. The Morgan fingerprint density at radius 3 is 2.63 bits per heavy atom. The van der Waals surface area contributed by atoms with Gasteiger partial charge in [-0.1, -0.05) is 60.7 Å². The highest BCUT2D eigenvalue weighted by Crippen LogP contribution is 2.32. The van der Waals surface area contributed by atoms with E-state index in [1.54, 1.807) is 12.1 Å². The van der Waals surface area contributed by atoms with Crippen molar-refractivity contribution in [2.75, 3.05) is 13.1 Å². The van der Waals surface area contributed by atoms with Gasteiger partial charge in [-0.15, -0.1) is 11.8 Å². The fourth-order valence-electron chi connectivity index (χ4n) is 3.97. The molecule has 1 aliphatic heterocycles. The lowest BCUT2D eigenvalue weighted by Crippen LogP contribution is -2.34. The number of carbonyl (C=O) groups is 2. The van der Waals surface area contributed by atoms with Crippen LogP contribution in [0.1, 0.15) is 41.8 Å². The van der Waals surface area contributed by atoms with E-state index < -0.39 is 0 Å². The molecule has 0 saturated heterocycles. The third kappa shape index (κ3) is 6.90. The Morgan fingerprint density at radius 1 is 1.11 bits per heavy atom. The van der Waals surface area contributed by atoms with Crippen LogP contribution < -0.4 is 5.32 Å². The standard InChI is InChI=1S/C29H31N3O2S/c1-21(2)32(20-23-9-4-3-5-10-23)18-8-17-30-28(33)24-15-13-22(14-16-24)19-27-29(34)31-25-11-6-7-12-26(25)35-27/h3-7,9-16,19,21,26H,8,17-18,20H2,1-2H3,(H,30,33)/b27-19+. The number of nitrogens with one attached hydrogen (secondary N) is 1. The fourth-order valence-corrected chi connectivity index (χ4v) is 5.02. The van der Waals surface area contributed by atoms with E-state index in [2.05, 4.69) is 53.3 Å². The van der Waals surface area contributed by atoms with Crippen LogP contribution in [0.3, 0.4) is 0 Å². The minimum absolute atomic E-state index is 0.0771. The molecule has 2 aromatic carbocycles. The molecule has 1 heterocycles. The lowest BCUT2D eigenvalue weighted by atomic mass is 10.1. The molecule has 0 spiro atoms. The maximum Gasteiger partial charge on any atom is 0.283 e. The van der Waals surface area contributed by atoms with Crippen molar-refractivity contribution in [3.8, 4) is 0 Å². The van der Waals surface area contributed by atoms with E-state index >= 15 is 0 Å². The van der Waals surface area contributed by atoms with Crippen molar-refractivity contribution in [2.45, 2.75) is 38.1 Å². The van der Waals surface area contributed by atoms with Crippen LogP contribution in [-0.4, -0.2) is 46.8 Å². The number of nitrogens with zero attached hydrogens (tertiary/aromatic N) is 2.